The number of aliphatic hydroxyl groups is 1. The molecule has 0 saturated heterocycles. The molecule has 0 heterocycles. The number of rotatable bonds is 9. The van der Waals surface area contributed by atoms with E-state index in [2.05, 4.69) is 6.58 Å². The number of amides is 1. The summed E-state index contributed by atoms with van der Waals surface area (Å²) in [7, 11) is 0. The Bertz CT molecular complexity index is 415. The van der Waals surface area contributed by atoms with Crippen LogP contribution in [0.2, 0.25) is 0 Å². The van der Waals surface area contributed by atoms with Gasteiger partial charge in [0.2, 0.25) is 5.54 Å². The van der Waals surface area contributed by atoms with Crippen LogP contribution in [0.5, 0.6) is 0 Å². The zero-order valence-electron chi connectivity index (χ0n) is 14.9. The van der Waals surface area contributed by atoms with Gasteiger partial charge < -0.3 is 14.7 Å². The van der Waals surface area contributed by atoms with Crippen LogP contribution in [-0.2, 0) is 4.74 Å². The van der Waals surface area contributed by atoms with Crippen LogP contribution in [-0.4, -0.2) is 51.4 Å². The van der Waals surface area contributed by atoms with E-state index in [1.165, 1.54) is 18.7 Å². The highest BCUT2D eigenvalue weighted by Crippen LogP contribution is 2.19. The summed E-state index contributed by atoms with van der Waals surface area (Å²) in [6.45, 7) is 12.7. The van der Waals surface area contributed by atoms with Gasteiger partial charge in [0.05, 0.1) is 0 Å². The molecule has 0 spiro atoms. The quantitative estimate of drug-likeness (QED) is 0.303. The number of carbonyl (C=O) groups excluding carboxylic acids is 1. The Morgan fingerprint density at radius 2 is 1.91 bits per heavy atom. The first-order valence-electron chi connectivity index (χ1n) is 7.83. The van der Waals surface area contributed by atoms with Crippen molar-refractivity contribution in [2.45, 2.75) is 71.1 Å². The number of nitro groups is 1. The summed E-state index contributed by atoms with van der Waals surface area (Å²) in [5.74, 6) is 0. The Balaban J connectivity index is 4.37. The summed E-state index contributed by atoms with van der Waals surface area (Å²) in [5.41, 5.74) is -1.94. The molecule has 0 aromatic rings. The minimum Gasteiger partial charge on any atom is -0.444 e. The number of unbranched alkanes of at least 4 members (excludes halogenated alkanes) is 1. The molecule has 0 rings (SSSR count). The lowest BCUT2D eigenvalue weighted by Crippen LogP contribution is -2.43. The van der Waals surface area contributed by atoms with Crippen molar-refractivity contribution in [3.8, 4) is 0 Å². The Hall–Kier alpha value is -1.63. The van der Waals surface area contributed by atoms with Gasteiger partial charge in [-0.2, -0.15) is 0 Å². The Morgan fingerprint density at radius 1 is 1.35 bits per heavy atom. The number of hydrogen-bond donors (Lipinski definition) is 1. The zero-order chi connectivity index (χ0) is 18.3. The predicted molar refractivity (Wildman–Crippen MR) is 88.9 cm³/mol. The minimum absolute atomic E-state index is 0.310. The van der Waals surface area contributed by atoms with Crippen LogP contribution >= 0.6 is 0 Å². The Labute approximate surface area is 138 Å². The van der Waals surface area contributed by atoms with E-state index in [-0.39, 0.29) is 0 Å². The van der Waals surface area contributed by atoms with Gasteiger partial charge >= 0.3 is 6.09 Å². The molecule has 1 atom stereocenters. The van der Waals surface area contributed by atoms with E-state index < -0.39 is 28.3 Å². The van der Waals surface area contributed by atoms with Crippen molar-refractivity contribution in [2.24, 2.45) is 0 Å². The van der Waals surface area contributed by atoms with E-state index in [9.17, 15) is 20.0 Å². The second kappa shape index (κ2) is 8.86. The van der Waals surface area contributed by atoms with E-state index in [4.69, 9.17) is 4.74 Å². The lowest BCUT2D eigenvalue weighted by Gasteiger charge is -2.27. The summed E-state index contributed by atoms with van der Waals surface area (Å²) in [6, 6.07) is 0. The zero-order valence-corrected chi connectivity index (χ0v) is 14.9. The van der Waals surface area contributed by atoms with Crippen LogP contribution in [0.1, 0.15) is 53.9 Å². The van der Waals surface area contributed by atoms with Gasteiger partial charge in [-0.15, -0.1) is 6.58 Å². The molecule has 1 amide bonds. The highest BCUT2D eigenvalue weighted by atomic mass is 16.6. The number of hydrogen-bond acceptors (Lipinski definition) is 5. The van der Waals surface area contributed by atoms with Gasteiger partial charge in [-0.25, -0.2) is 4.79 Å². The standard InChI is InChI=1S/C16H30N2O5/c1-7-11-17(14(20)23-15(2,3)4)12-9-8-10-13(19)16(5,6)18(21)22/h7,13,19H,1,8-12H2,2-6H3. The fourth-order valence-corrected chi connectivity index (χ4v) is 1.85. The average Bonchev–Trinajstić information content (AvgIpc) is 2.39. The molecule has 0 aliphatic carbocycles. The van der Waals surface area contributed by atoms with Crippen molar-refractivity contribution in [2.75, 3.05) is 13.1 Å². The molecule has 1 unspecified atom stereocenters. The largest absolute Gasteiger partial charge is 0.444 e. The smallest absolute Gasteiger partial charge is 0.410 e. The minimum atomic E-state index is -1.37. The van der Waals surface area contributed by atoms with E-state index in [1.54, 1.807) is 26.8 Å². The van der Waals surface area contributed by atoms with Crippen LogP contribution in [0, 0.1) is 10.1 Å². The van der Waals surface area contributed by atoms with Crippen molar-refractivity contribution in [3.05, 3.63) is 22.8 Å². The van der Waals surface area contributed by atoms with Gasteiger partial charge in [0.1, 0.15) is 11.7 Å². The van der Waals surface area contributed by atoms with Crippen molar-refractivity contribution in [3.63, 3.8) is 0 Å². The van der Waals surface area contributed by atoms with Crippen LogP contribution in [0.4, 0.5) is 4.79 Å². The maximum Gasteiger partial charge on any atom is 0.410 e. The molecule has 1 N–H and O–H groups in total. The molecule has 0 fully saturated rings. The van der Waals surface area contributed by atoms with Gasteiger partial charge in [0.25, 0.3) is 0 Å². The molecule has 7 heteroatoms. The molecule has 0 bridgehead atoms. The second-order valence-electron chi connectivity index (χ2n) is 7.14. The van der Waals surface area contributed by atoms with Crippen molar-refractivity contribution in [1.29, 1.82) is 0 Å². The third kappa shape index (κ3) is 7.97. The third-order valence-electron chi connectivity index (χ3n) is 3.44. The Kier molecular flexibility index (Phi) is 8.23. The van der Waals surface area contributed by atoms with E-state index >= 15 is 0 Å². The summed E-state index contributed by atoms with van der Waals surface area (Å²) >= 11 is 0. The van der Waals surface area contributed by atoms with Crippen LogP contribution in [0.15, 0.2) is 12.7 Å². The topological polar surface area (TPSA) is 92.9 Å². The van der Waals surface area contributed by atoms with Crippen LogP contribution in [0.25, 0.3) is 0 Å². The Morgan fingerprint density at radius 3 is 2.35 bits per heavy atom. The molecule has 0 radical (unpaired) electrons. The predicted octanol–water partition coefficient (Wildman–Crippen LogP) is 3.00. The first-order chi connectivity index (χ1) is 10.4. The molecule has 0 aliphatic heterocycles. The van der Waals surface area contributed by atoms with Crippen molar-refractivity contribution < 1.29 is 19.6 Å². The third-order valence-corrected chi connectivity index (χ3v) is 3.44. The van der Waals surface area contributed by atoms with Gasteiger partial charge in [-0.3, -0.25) is 10.1 Å². The number of aliphatic hydroxyl groups excluding tert-OH is 1. The maximum atomic E-state index is 12.0. The average molecular weight is 330 g/mol. The van der Waals surface area contributed by atoms with E-state index in [1.807, 2.05) is 0 Å². The fraction of sp³-hybridized carbons (Fsp3) is 0.812. The summed E-state index contributed by atoms with van der Waals surface area (Å²) in [5, 5.41) is 20.8. The summed E-state index contributed by atoms with van der Waals surface area (Å²) in [6.07, 6.45) is 1.70. The molecule has 0 aromatic heterocycles. The highest BCUT2D eigenvalue weighted by Gasteiger charge is 2.39. The maximum absolute atomic E-state index is 12.0. The van der Waals surface area contributed by atoms with Gasteiger partial charge in [-0.05, 0) is 40.0 Å². The number of carbonyl (C=O) groups is 1. The lowest BCUT2D eigenvalue weighted by molar-refractivity contribution is -0.573. The molecule has 23 heavy (non-hydrogen) atoms. The SMILES string of the molecule is C=CCN(CCCCC(O)C(C)(C)[N+](=O)[O-])C(=O)OC(C)(C)C. The van der Waals surface area contributed by atoms with Crippen molar-refractivity contribution in [1.82, 2.24) is 4.90 Å². The molecular weight excluding hydrogens is 300 g/mol. The monoisotopic (exact) mass is 330 g/mol. The van der Waals surface area contributed by atoms with Gasteiger partial charge in [0, 0.05) is 31.9 Å². The van der Waals surface area contributed by atoms with Gasteiger partial charge in [-0.1, -0.05) is 6.08 Å². The molecule has 134 valence electrons. The first-order valence-corrected chi connectivity index (χ1v) is 7.83. The van der Waals surface area contributed by atoms with Crippen LogP contribution < -0.4 is 0 Å². The molecule has 7 nitrogen and oxygen atoms in total. The normalized spacial score (nSPS) is 13.3. The summed E-state index contributed by atoms with van der Waals surface area (Å²) < 4.78 is 5.32. The van der Waals surface area contributed by atoms with E-state index in [0.29, 0.717) is 32.4 Å². The number of ether oxygens (including phenoxy) is 1. The summed E-state index contributed by atoms with van der Waals surface area (Å²) in [4.78, 5) is 24.0. The van der Waals surface area contributed by atoms with Crippen molar-refractivity contribution >= 4 is 6.09 Å². The molecule has 0 aliphatic rings. The fourth-order valence-electron chi connectivity index (χ4n) is 1.85. The van der Waals surface area contributed by atoms with E-state index in [0.717, 1.165) is 0 Å². The lowest BCUT2D eigenvalue weighted by atomic mass is 9.94. The molecular formula is C16H30N2O5. The van der Waals surface area contributed by atoms with Crippen LogP contribution in [0.3, 0.4) is 0 Å². The second-order valence-corrected chi connectivity index (χ2v) is 7.14. The molecule has 0 aromatic carbocycles. The first kappa shape index (κ1) is 21.4. The molecule has 0 saturated carbocycles. The number of nitrogens with zero attached hydrogens (tertiary/aromatic N) is 2. The highest BCUT2D eigenvalue weighted by molar-refractivity contribution is 5.68. The van der Waals surface area contributed by atoms with Gasteiger partial charge in [0.15, 0.2) is 0 Å².